The number of para-hydroxylation sites is 1. The van der Waals surface area contributed by atoms with E-state index in [0.29, 0.717) is 5.69 Å². The van der Waals surface area contributed by atoms with Crippen molar-refractivity contribution in [2.45, 2.75) is 6.61 Å². The topological polar surface area (TPSA) is 60.5 Å². The number of nitrogens with one attached hydrogen (secondary N) is 1. The van der Waals surface area contributed by atoms with Crippen LogP contribution in [-0.4, -0.2) is 24.6 Å². The van der Waals surface area contributed by atoms with Crippen LogP contribution in [-0.2, 0) is 0 Å². The summed E-state index contributed by atoms with van der Waals surface area (Å²) in [6, 6.07) is 7.47. The molecule has 2 aromatic rings. The van der Waals surface area contributed by atoms with Gasteiger partial charge in [-0.15, -0.1) is 0 Å². The molecule has 1 amide bonds. The summed E-state index contributed by atoms with van der Waals surface area (Å²) in [6.45, 7) is -3.06. The molecular weight excluding hydrogens is 282 g/mol. The van der Waals surface area contributed by atoms with Gasteiger partial charge in [0.05, 0.1) is 12.7 Å². The predicted octanol–water partition coefficient (Wildman–Crippen LogP) is 2.94. The number of alkyl halides is 2. The van der Waals surface area contributed by atoms with Gasteiger partial charge < -0.3 is 14.8 Å². The average Bonchev–Trinajstić information content (AvgIpc) is 2.47. The van der Waals surface area contributed by atoms with Gasteiger partial charge in [-0.1, -0.05) is 6.07 Å². The second-order valence-electron chi connectivity index (χ2n) is 3.91. The minimum absolute atomic E-state index is 0.0496. The molecular formula is C14H12F2N2O3. The molecule has 0 saturated heterocycles. The number of hydrogen-bond acceptors (Lipinski definition) is 4. The first kappa shape index (κ1) is 14.7. The average molecular weight is 294 g/mol. The van der Waals surface area contributed by atoms with Crippen LogP contribution in [0, 0.1) is 0 Å². The number of nitrogens with zero attached hydrogens (tertiary/aromatic N) is 1. The fourth-order valence-electron chi connectivity index (χ4n) is 1.70. The first-order valence-corrected chi connectivity index (χ1v) is 5.95. The van der Waals surface area contributed by atoms with Crippen LogP contribution >= 0.6 is 0 Å². The Hall–Kier alpha value is -2.70. The normalized spacial score (nSPS) is 10.3. The Kier molecular flexibility index (Phi) is 4.65. The third-order valence-electron chi connectivity index (χ3n) is 2.59. The van der Waals surface area contributed by atoms with Gasteiger partial charge in [0.2, 0.25) is 0 Å². The molecule has 5 nitrogen and oxygen atoms in total. The Morgan fingerprint density at radius 1 is 1.24 bits per heavy atom. The Morgan fingerprint density at radius 2 is 1.95 bits per heavy atom. The van der Waals surface area contributed by atoms with E-state index in [1.807, 2.05) is 0 Å². The van der Waals surface area contributed by atoms with E-state index >= 15 is 0 Å². The Labute approximate surface area is 119 Å². The number of methoxy groups -OCH3 is 1. The van der Waals surface area contributed by atoms with Crippen LogP contribution in [0.15, 0.2) is 42.7 Å². The van der Waals surface area contributed by atoms with Crippen molar-refractivity contribution in [3.05, 3.63) is 48.3 Å². The van der Waals surface area contributed by atoms with Crippen molar-refractivity contribution in [3.63, 3.8) is 0 Å². The van der Waals surface area contributed by atoms with E-state index in [0.717, 1.165) is 0 Å². The first-order valence-electron chi connectivity index (χ1n) is 5.95. The number of aromatic nitrogens is 1. The van der Waals surface area contributed by atoms with Gasteiger partial charge in [-0.3, -0.25) is 9.78 Å². The molecule has 110 valence electrons. The molecule has 0 saturated carbocycles. The molecule has 1 aromatic heterocycles. The highest BCUT2D eigenvalue weighted by atomic mass is 19.3. The van der Waals surface area contributed by atoms with Crippen LogP contribution in [0.3, 0.4) is 0 Å². The molecule has 1 N–H and O–H groups in total. The van der Waals surface area contributed by atoms with Crippen LogP contribution in [0.25, 0.3) is 0 Å². The summed E-state index contributed by atoms with van der Waals surface area (Å²) in [5.74, 6) is -0.838. The number of carbonyl (C=O) groups excluding carboxylic acids is 1. The lowest BCUT2D eigenvalue weighted by Crippen LogP contribution is -2.15. The van der Waals surface area contributed by atoms with Gasteiger partial charge in [0.25, 0.3) is 5.91 Å². The second-order valence-corrected chi connectivity index (χ2v) is 3.91. The fraction of sp³-hybridized carbons (Fsp3) is 0.143. The van der Waals surface area contributed by atoms with Crippen molar-refractivity contribution in [1.29, 1.82) is 0 Å². The van der Waals surface area contributed by atoms with E-state index in [1.54, 1.807) is 12.1 Å². The van der Waals surface area contributed by atoms with E-state index in [1.165, 1.54) is 37.7 Å². The van der Waals surface area contributed by atoms with Gasteiger partial charge in [-0.05, 0) is 24.3 Å². The minimum Gasteiger partial charge on any atom is -0.493 e. The molecule has 0 bridgehead atoms. The van der Waals surface area contributed by atoms with Crippen molar-refractivity contribution >= 4 is 11.6 Å². The van der Waals surface area contributed by atoms with Crippen molar-refractivity contribution in [3.8, 4) is 11.5 Å². The standard InChI is InChI=1S/C14H12F2N2O3/c1-20-11-4-2-3-10(12(11)21-14(15)16)13(19)18-9-5-7-17-8-6-9/h2-8,14H,1H3,(H,17,18,19). The Balaban J connectivity index is 2.31. The molecule has 0 fully saturated rings. The number of ether oxygens (including phenoxy) is 2. The zero-order valence-electron chi connectivity index (χ0n) is 11.0. The van der Waals surface area contributed by atoms with Gasteiger partial charge in [-0.2, -0.15) is 8.78 Å². The highest BCUT2D eigenvalue weighted by Gasteiger charge is 2.20. The van der Waals surface area contributed by atoms with Crippen molar-refractivity contribution in [1.82, 2.24) is 4.98 Å². The second kappa shape index (κ2) is 6.65. The van der Waals surface area contributed by atoms with E-state index in [4.69, 9.17) is 4.74 Å². The van der Waals surface area contributed by atoms with Gasteiger partial charge in [0.15, 0.2) is 11.5 Å². The highest BCUT2D eigenvalue weighted by molar-refractivity contribution is 6.06. The number of benzene rings is 1. The monoisotopic (exact) mass is 294 g/mol. The third-order valence-corrected chi connectivity index (χ3v) is 2.59. The molecule has 0 atom stereocenters. The number of rotatable bonds is 5. The van der Waals surface area contributed by atoms with Crippen LogP contribution in [0.5, 0.6) is 11.5 Å². The lowest BCUT2D eigenvalue weighted by atomic mass is 10.1. The molecule has 0 aliphatic carbocycles. The molecule has 0 aliphatic rings. The lowest BCUT2D eigenvalue weighted by molar-refractivity contribution is -0.0515. The van der Waals surface area contributed by atoms with Crippen molar-refractivity contribution < 1.29 is 23.0 Å². The molecule has 1 aromatic carbocycles. The predicted molar refractivity (Wildman–Crippen MR) is 71.8 cm³/mol. The maximum Gasteiger partial charge on any atom is 0.387 e. The summed E-state index contributed by atoms with van der Waals surface area (Å²) in [7, 11) is 1.30. The molecule has 2 rings (SSSR count). The maximum atomic E-state index is 12.5. The molecule has 0 aliphatic heterocycles. The molecule has 0 radical (unpaired) electrons. The number of anilines is 1. The summed E-state index contributed by atoms with van der Waals surface area (Å²) in [6.07, 6.45) is 3.00. The quantitative estimate of drug-likeness (QED) is 0.921. The van der Waals surface area contributed by atoms with Gasteiger partial charge in [0.1, 0.15) is 0 Å². The molecule has 0 spiro atoms. The Bertz CT molecular complexity index is 621. The lowest BCUT2D eigenvalue weighted by Gasteiger charge is -2.14. The fourth-order valence-corrected chi connectivity index (χ4v) is 1.70. The van der Waals surface area contributed by atoms with Crippen molar-refractivity contribution in [2.24, 2.45) is 0 Å². The number of halogens is 2. The third kappa shape index (κ3) is 3.65. The van der Waals surface area contributed by atoms with E-state index in [9.17, 15) is 13.6 Å². The van der Waals surface area contributed by atoms with Crippen molar-refractivity contribution in [2.75, 3.05) is 12.4 Å². The number of hydrogen-bond donors (Lipinski definition) is 1. The van der Waals surface area contributed by atoms with Crippen LogP contribution in [0.2, 0.25) is 0 Å². The molecule has 21 heavy (non-hydrogen) atoms. The number of carbonyl (C=O) groups is 1. The van der Waals surface area contributed by atoms with E-state index in [-0.39, 0.29) is 17.1 Å². The summed E-state index contributed by atoms with van der Waals surface area (Å²) in [5.41, 5.74) is 0.437. The minimum atomic E-state index is -3.06. The van der Waals surface area contributed by atoms with Crippen LogP contribution < -0.4 is 14.8 Å². The molecule has 7 heteroatoms. The van der Waals surface area contributed by atoms with Crippen LogP contribution in [0.1, 0.15) is 10.4 Å². The van der Waals surface area contributed by atoms with Crippen LogP contribution in [0.4, 0.5) is 14.5 Å². The SMILES string of the molecule is COc1cccc(C(=O)Nc2ccncc2)c1OC(F)F. The zero-order chi connectivity index (χ0) is 15.2. The van der Waals surface area contributed by atoms with E-state index in [2.05, 4.69) is 15.0 Å². The zero-order valence-corrected chi connectivity index (χ0v) is 11.0. The van der Waals surface area contributed by atoms with E-state index < -0.39 is 12.5 Å². The molecule has 0 unspecified atom stereocenters. The van der Waals surface area contributed by atoms with Gasteiger partial charge in [-0.25, -0.2) is 0 Å². The summed E-state index contributed by atoms with van der Waals surface area (Å²) in [5, 5.41) is 2.56. The Morgan fingerprint density at radius 3 is 2.57 bits per heavy atom. The number of amides is 1. The molecule has 1 heterocycles. The van der Waals surface area contributed by atoms with Gasteiger partial charge >= 0.3 is 6.61 Å². The smallest absolute Gasteiger partial charge is 0.387 e. The maximum absolute atomic E-state index is 12.5. The first-order chi connectivity index (χ1) is 10.1. The summed E-state index contributed by atoms with van der Waals surface area (Å²) in [4.78, 5) is 16.0. The largest absolute Gasteiger partial charge is 0.493 e. The highest BCUT2D eigenvalue weighted by Crippen LogP contribution is 2.32. The van der Waals surface area contributed by atoms with Gasteiger partial charge in [0, 0.05) is 18.1 Å². The summed E-state index contributed by atoms with van der Waals surface area (Å²) >= 11 is 0. The number of pyridine rings is 1. The summed E-state index contributed by atoms with van der Waals surface area (Å²) < 4.78 is 34.3.